The van der Waals surface area contributed by atoms with Crippen LogP contribution in [0.3, 0.4) is 0 Å². The van der Waals surface area contributed by atoms with E-state index in [4.69, 9.17) is 9.47 Å². The van der Waals surface area contributed by atoms with Gasteiger partial charge in [0.25, 0.3) is 5.91 Å². The van der Waals surface area contributed by atoms with Gasteiger partial charge in [0.05, 0.1) is 6.10 Å². The molecule has 1 fully saturated rings. The Kier molecular flexibility index (Phi) is 7.51. The summed E-state index contributed by atoms with van der Waals surface area (Å²) in [5.41, 5.74) is 1.04. The lowest BCUT2D eigenvalue weighted by Gasteiger charge is -2.30. The minimum Gasteiger partial charge on any atom is -0.490 e. The molecule has 1 N–H and O–H groups in total. The molecule has 4 nitrogen and oxygen atoms in total. The summed E-state index contributed by atoms with van der Waals surface area (Å²) < 4.78 is 12.0. The van der Waals surface area contributed by atoms with Crippen molar-refractivity contribution >= 4 is 11.6 Å². The molecule has 0 heterocycles. The molecule has 1 atom stereocenters. The highest BCUT2D eigenvalue weighted by Crippen LogP contribution is 2.29. The third kappa shape index (κ3) is 5.73. The van der Waals surface area contributed by atoms with Crippen molar-refractivity contribution in [2.45, 2.75) is 84.8 Å². The summed E-state index contributed by atoms with van der Waals surface area (Å²) in [6.45, 7) is 10.8. The largest absolute Gasteiger partial charge is 0.490 e. The molecule has 26 heavy (non-hydrogen) atoms. The number of carbonyl (C=O) groups excluding carboxylic acids is 1. The first-order chi connectivity index (χ1) is 12.3. The van der Waals surface area contributed by atoms with Gasteiger partial charge in [0.2, 0.25) is 0 Å². The topological polar surface area (TPSA) is 47.6 Å². The number of benzene rings is 1. The molecule has 0 aliphatic heterocycles. The van der Waals surface area contributed by atoms with Crippen molar-refractivity contribution in [2.24, 2.45) is 5.92 Å². The van der Waals surface area contributed by atoms with Gasteiger partial charge in [-0.2, -0.15) is 0 Å². The van der Waals surface area contributed by atoms with Crippen molar-refractivity contribution in [1.82, 2.24) is 0 Å². The van der Waals surface area contributed by atoms with Crippen molar-refractivity contribution < 1.29 is 14.3 Å². The highest BCUT2D eigenvalue weighted by molar-refractivity contribution is 5.97. The van der Waals surface area contributed by atoms with Crippen LogP contribution in [0.15, 0.2) is 18.2 Å². The van der Waals surface area contributed by atoms with Gasteiger partial charge in [-0.05, 0) is 82.1 Å². The number of rotatable bonds is 9. The maximum atomic E-state index is 12.9. The molecule has 0 aromatic heterocycles. The van der Waals surface area contributed by atoms with Crippen molar-refractivity contribution in [1.29, 1.82) is 0 Å². The van der Waals surface area contributed by atoms with Crippen LogP contribution in [0.4, 0.5) is 5.69 Å². The number of hydrogen-bond donors (Lipinski definition) is 1. The summed E-state index contributed by atoms with van der Waals surface area (Å²) in [5, 5.41) is 3.04. The van der Waals surface area contributed by atoms with Gasteiger partial charge in [-0.25, -0.2) is 0 Å². The number of hydrogen-bond acceptors (Lipinski definition) is 3. The number of ether oxygens (including phenoxy) is 2. The molecule has 2 rings (SSSR count). The Hall–Kier alpha value is -1.55. The third-order valence-electron chi connectivity index (χ3n) is 4.93. The Balaban J connectivity index is 2.05. The molecular formula is C22H35NO3. The van der Waals surface area contributed by atoms with E-state index in [1.54, 1.807) is 0 Å². The number of aryl methyl sites for hydroxylation is 1. The monoisotopic (exact) mass is 361 g/mol. The summed E-state index contributed by atoms with van der Waals surface area (Å²) >= 11 is 0. The maximum absolute atomic E-state index is 12.9. The van der Waals surface area contributed by atoms with Crippen molar-refractivity contribution in [3.8, 4) is 5.75 Å². The summed E-state index contributed by atoms with van der Waals surface area (Å²) in [6.07, 6.45) is 6.72. The third-order valence-corrected chi connectivity index (χ3v) is 4.93. The molecular weight excluding hydrogens is 326 g/mol. The predicted molar refractivity (Wildman–Crippen MR) is 107 cm³/mol. The number of nitrogens with one attached hydrogen (secondary N) is 1. The second-order valence-corrected chi connectivity index (χ2v) is 8.14. The van der Waals surface area contributed by atoms with Crippen molar-refractivity contribution in [3.05, 3.63) is 23.8 Å². The SMILES string of the molecule is CCCO[C@@](C)(CC(C)C)C(=O)Nc1ccc(OC2CCCC2)c(C)c1. The smallest absolute Gasteiger partial charge is 0.256 e. The zero-order chi connectivity index (χ0) is 19.2. The fourth-order valence-corrected chi connectivity index (χ4v) is 3.63. The van der Waals surface area contributed by atoms with E-state index in [1.165, 1.54) is 12.8 Å². The van der Waals surface area contributed by atoms with Crippen LogP contribution < -0.4 is 10.1 Å². The van der Waals surface area contributed by atoms with Gasteiger partial charge in [-0.15, -0.1) is 0 Å². The average molecular weight is 362 g/mol. The molecule has 4 heteroatoms. The van der Waals surface area contributed by atoms with Gasteiger partial charge < -0.3 is 14.8 Å². The minimum atomic E-state index is -0.808. The molecule has 0 unspecified atom stereocenters. The molecule has 1 aliphatic carbocycles. The molecule has 1 amide bonds. The molecule has 146 valence electrons. The van der Waals surface area contributed by atoms with Gasteiger partial charge in [0, 0.05) is 12.3 Å². The molecule has 0 saturated heterocycles. The van der Waals surface area contributed by atoms with E-state index in [9.17, 15) is 4.79 Å². The first-order valence-electron chi connectivity index (χ1n) is 10.1. The Bertz CT molecular complexity index is 593. The van der Waals surface area contributed by atoms with Gasteiger partial charge >= 0.3 is 0 Å². The average Bonchev–Trinajstić information content (AvgIpc) is 3.08. The Morgan fingerprint density at radius 3 is 2.58 bits per heavy atom. The number of anilines is 1. The Morgan fingerprint density at radius 2 is 2.00 bits per heavy atom. The Labute approximate surface area is 158 Å². The van der Waals surface area contributed by atoms with Gasteiger partial charge in [-0.3, -0.25) is 4.79 Å². The molecule has 0 radical (unpaired) electrons. The fourth-order valence-electron chi connectivity index (χ4n) is 3.63. The van der Waals surface area contributed by atoms with E-state index in [-0.39, 0.29) is 5.91 Å². The van der Waals surface area contributed by atoms with Crippen LogP contribution in [-0.4, -0.2) is 24.2 Å². The van der Waals surface area contributed by atoms with Crippen LogP contribution in [0, 0.1) is 12.8 Å². The lowest BCUT2D eigenvalue weighted by molar-refractivity contribution is -0.141. The van der Waals surface area contributed by atoms with Crippen LogP contribution in [0.5, 0.6) is 5.75 Å². The second kappa shape index (κ2) is 9.40. The lowest BCUT2D eigenvalue weighted by atomic mass is 9.93. The van der Waals surface area contributed by atoms with Crippen LogP contribution in [0.25, 0.3) is 0 Å². The summed E-state index contributed by atoms with van der Waals surface area (Å²) in [4.78, 5) is 12.9. The van der Waals surface area contributed by atoms with Gasteiger partial charge in [-0.1, -0.05) is 20.8 Å². The van der Waals surface area contributed by atoms with E-state index in [0.29, 0.717) is 25.0 Å². The van der Waals surface area contributed by atoms with E-state index < -0.39 is 5.60 Å². The zero-order valence-corrected chi connectivity index (χ0v) is 17.1. The van der Waals surface area contributed by atoms with Crippen molar-refractivity contribution in [2.75, 3.05) is 11.9 Å². The molecule has 0 spiro atoms. The first-order valence-corrected chi connectivity index (χ1v) is 10.1. The summed E-state index contributed by atoms with van der Waals surface area (Å²) in [5.74, 6) is 1.22. The minimum absolute atomic E-state index is 0.0801. The summed E-state index contributed by atoms with van der Waals surface area (Å²) in [6, 6.07) is 5.87. The first kappa shape index (κ1) is 20.8. The van der Waals surface area contributed by atoms with E-state index in [2.05, 4.69) is 26.1 Å². The Morgan fingerprint density at radius 1 is 1.31 bits per heavy atom. The molecule has 0 bridgehead atoms. The highest BCUT2D eigenvalue weighted by atomic mass is 16.5. The lowest BCUT2D eigenvalue weighted by Crippen LogP contribution is -2.44. The molecule has 1 aliphatic rings. The highest BCUT2D eigenvalue weighted by Gasteiger charge is 2.35. The number of amides is 1. The maximum Gasteiger partial charge on any atom is 0.256 e. The van der Waals surface area contributed by atoms with Crippen LogP contribution in [0.1, 0.15) is 71.8 Å². The standard InChI is InChI=1S/C22H35NO3/c1-6-13-25-22(5,15-16(2)3)21(24)23-18-11-12-20(17(4)14-18)26-19-9-7-8-10-19/h11-12,14,16,19H,6-10,13,15H2,1-5H3,(H,23,24)/t22-/m0/s1. The fraction of sp³-hybridized carbons (Fsp3) is 0.682. The predicted octanol–water partition coefficient (Wildman–Crippen LogP) is 5.49. The summed E-state index contributed by atoms with van der Waals surface area (Å²) in [7, 11) is 0. The normalized spacial score (nSPS) is 17.3. The zero-order valence-electron chi connectivity index (χ0n) is 17.1. The quantitative estimate of drug-likeness (QED) is 0.633. The molecule has 1 saturated carbocycles. The van der Waals surface area contributed by atoms with Gasteiger partial charge in [0.15, 0.2) is 0 Å². The van der Waals surface area contributed by atoms with Crippen LogP contribution >= 0.6 is 0 Å². The van der Waals surface area contributed by atoms with E-state index in [0.717, 1.165) is 36.3 Å². The van der Waals surface area contributed by atoms with Crippen LogP contribution in [0.2, 0.25) is 0 Å². The number of carbonyl (C=O) groups is 1. The van der Waals surface area contributed by atoms with Crippen LogP contribution in [-0.2, 0) is 9.53 Å². The van der Waals surface area contributed by atoms with E-state index in [1.807, 2.05) is 32.0 Å². The van der Waals surface area contributed by atoms with E-state index >= 15 is 0 Å². The van der Waals surface area contributed by atoms with Gasteiger partial charge in [0.1, 0.15) is 11.4 Å². The second-order valence-electron chi connectivity index (χ2n) is 8.14. The molecule has 1 aromatic carbocycles. The molecule has 1 aromatic rings. The van der Waals surface area contributed by atoms with Crippen molar-refractivity contribution in [3.63, 3.8) is 0 Å².